The first-order chi connectivity index (χ1) is 10.0. The van der Waals surface area contributed by atoms with Crippen LogP contribution in [0.5, 0.6) is 0 Å². The van der Waals surface area contributed by atoms with E-state index in [-0.39, 0.29) is 27.5 Å². The highest BCUT2D eigenvalue weighted by molar-refractivity contribution is 6.62. The van der Waals surface area contributed by atoms with Crippen LogP contribution in [-0.2, 0) is 4.79 Å². The van der Waals surface area contributed by atoms with E-state index < -0.39 is 11.6 Å². The number of fused-ring (bicyclic) bond motifs is 1. The number of aliphatic hydroxyl groups is 1. The molecule has 0 atom stereocenters. The van der Waals surface area contributed by atoms with Gasteiger partial charge in [-0.25, -0.2) is 0 Å². The fourth-order valence-corrected chi connectivity index (χ4v) is 2.81. The van der Waals surface area contributed by atoms with Gasteiger partial charge < -0.3 is 5.11 Å². The third-order valence-corrected chi connectivity index (χ3v) is 3.85. The van der Waals surface area contributed by atoms with Gasteiger partial charge in [-0.05, 0) is 12.1 Å². The summed E-state index contributed by atoms with van der Waals surface area (Å²) < 4.78 is 0. The van der Waals surface area contributed by atoms with E-state index in [0.29, 0.717) is 10.6 Å². The second-order valence-electron chi connectivity index (χ2n) is 4.55. The first kappa shape index (κ1) is 13.9. The summed E-state index contributed by atoms with van der Waals surface area (Å²) in [5, 5.41) is 11.0. The van der Waals surface area contributed by atoms with Crippen LogP contribution in [0.4, 0.5) is 0 Å². The first-order valence-electron chi connectivity index (χ1n) is 6.08. The van der Waals surface area contributed by atoms with Gasteiger partial charge in [-0.15, -0.1) is 0 Å². The van der Waals surface area contributed by atoms with Gasteiger partial charge in [0.05, 0.1) is 10.6 Å². The predicted octanol–water partition coefficient (Wildman–Crippen LogP) is 4.19. The Hall–Kier alpha value is -2.10. The minimum absolute atomic E-state index is 0.0969. The zero-order chi connectivity index (χ0) is 15.1. The monoisotopic (exact) mass is 318 g/mol. The molecule has 0 amide bonds. The average Bonchev–Trinajstić information content (AvgIpc) is 2.47. The number of rotatable bonds is 1. The molecule has 3 nitrogen and oxygen atoms in total. The lowest BCUT2D eigenvalue weighted by Gasteiger charge is -2.18. The third-order valence-electron chi connectivity index (χ3n) is 3.30. The summed E-state index contributed by atoms with van der Waals surface area (Å²) >= 11 is 11.9. The van der Waals surface area contributed by atoms with Gasteiger partial charge in [0.1, 0.15) is 5.76 Å². The zero-order valence-corrected chi connectivity index (χ0v) is 12.1. The van der Waals surface area contributed by atoms with Crippen molar-refractivity contribution in [2.24, 2.45) is 0 Å². The molecule has 0 spiro atoms. The van der Waals surface area contributed by atoms with Crippen molar-refractivity contribution in [3.8, 4) is 0 Å². The smallest absolute Gasteiger partial charge is 0.237 e. The normalized spacial score (nSPS) is 14.4. The van der Waals surface area contributed by atoms with Crippen molar-refractivity contribution in [2.75, 3.05) is 0 Å². The second-order valence-corrected chi connectivity index (χ2v) is 5.40. The van der Waals surface area contributed by atoms with E-state index in [1.165, 1.54) is 18.2 Å². The number of aliphatic hydroxyl groups excluding tert-OH is 1. The first-order valence-corrected chi connectivity index (χ1v) is 6.83. The summed E-state index contributed by atoms with van der Waals surface area (Å²) in [5.74, 6) is -1.70. The average molecular weight is 319 g/mol. The molecule has 3 rings (SSSR count). The molecule has 5 heteroatoms. The Morgan fingerprint density at radius 3 is 2.14 bits per heavy atom. The Balaban J connectivity index is 2.31. The summed E-state index contributed by atoms with van der Waals surface area (Å²) in [6.07, 6.45) is 0. The van der Waals surface area contributed by atoms with Crippen molar-refractivity contribution in [1.29, 1.82) is 0 Å². The number of benzene rings is 2. The van der Waals surface area contributed by atoms with E-state index in [9.17, 15) is 14.7 Å². The van der Waals surface area contributed by atoms with E-state index in [2.05, 4.69) is 0 Å². The molecule has 0 unspecified atom stereocenters. The van der Waals surface area contributed by atoms with Crippen LogP contribution >= 0.6 is 23.2 Å². The highest BCUT2D eigenvalue weighted by Gasteiger charge is 2.34. The van der Waals surface area contributed by atoms with Crippen molar-refractivity contribution in [3.63, 3.8) is 0 Å². The minimum Gasteiger partial charge on any atom is -0.506 e. The molecule has 2 aromatic carbocycles. The van der Waals surface area contributed by atoms with Gasteiger partial charge in [-0.2, -0.15) is 0 Å². The SMILES string of the molecule is O=C1C(=O)c2ccccc2C(O)=C1c1ccc(Cl)cc1Cl. The highest BCUT2D eigenvalue weighted by Crippen LogP contribution is 2.36. The number of ketones is 2. The van der Waals surface area contributed by atoms with E-state index in [4.69, 9.17) is 23.2 Å². The quantitative estimate of drug-likeness (QED) is 0.802. The minimum atomic E-state index is -0.782. The number of hydrogen-bond donors (Lipinski definition) is 1. The van der Waals surface area contributed by atoms with Gasteiger partial charge in [0.25, 0.3) is 0 Å². The molecule has 21 heavy (non-hydrogen) atoms. The summed E-state index contributed by atoms with van der Waals surface area (Å²) in [6.45, 7) is 0. The van der Waals surface area contributed by atoms with Crippen molar-refractivity contribution < 1.29 is 14.7 Å². The van der Waals surface area contributed by atoms with Crippen LogP contribution in [-0.4, -0.2) is 16.7 Å². The molecule has 1 N–H and O–H groups in total. The van der Waals surface area contributed by atoms with Crippen LogP contribution in [0.3, 0.4) is 0 Å². The van der Waals surface area contributed by atoms with Gasteiger partial charge in [0.2, 0.25) is 11.6 Å². The number of Topliss-reactive ketones (excluding diaryl/α,β-unsaturated/α-hetero) is 2. The number of hydrogen-bond acceptors (Lipinski definition) is 3. The number of halogens is 2. The van der Waals surface area contributed by atoms with Crippen LogP contribution in [0.1, 0.15) is 21.5 Å². The Bertz CT molecular complexity index is 822. The molecule has 0 aliphatic heterocycles. The fraction of sp³-hybridized carbons (Fsp3) is 0. The van der Waals surface area contributed by atoms with Gasteiger partial charge in [-0.3, -0.25) is 9.59 Å². The van der Waals surface area contributed by atoms with E-state index in [0.717, 1.165) is 0 Å². The maximum atomic E-state index is 12.3. The van der Waals surface area contributed by atoms with Crippen molar-refractivity contribution >= 4 is 46.1 Å². The number of allylic oxidation sites excluding steroid dienone is 1. The van der Waals surface area contributed by atoms with Gasteiger partial charge in [0.15, 0.2) is 0 Å². The van der Waals surface area contributed by atoms with Crippen LogP contribution in [0.15, 0.2) is 42.5 Å². The molecule has 0 heterocycles. The molecule has 0 saturated heterocycles. The molecule has 1 aliphatic carbocycles. The predicted molar refractivity (Wildman–Crippen MR) is 81.7 cm³/mol. The molecule has 1 aliphatic rings. The summed E-state index contributed by atoms with van der Waals surface area (Å²) in [6, 6.07) is 10.9. The second kappa shape index (κ2) is 5.02. The van der Waals surface area contributed by atoms with Crippen molar-refractivity contribution in [3.05, 3.63) is 69.2 Å². The molecule has 0 radical (unpaired) electrons. The summed E-state index contributed by atoms with van der Waals surface area (Å²) in [4.78, 5) is 24.4. The zero-order valence-electron chi connectivity index (χ0n) is 10.6. The molecule has 0 saturated carbocycles. The third kappa shape index (κ3) is 2.15. The highest BCUT2D eigenvalue weighted by atomic mass is 35.5. The van der Waals surface area contributed by atoms with Gasteiger partial charge in [0, 0.05) is 21.7 Å². The Morgan fingerprint density at radius 2 is 1.48 bits per heavy atom. The molecular weight excluding hydrogens is 311 g/mol. The van der Waals surface area contributed by atoms with E-state index in [1.54, 1.807) is 24.3 Å². The Morgan fingerprint density at radius 1 is 0.810 bits per heavy atom. The molecular formula is C16H8Cl2O3. The molecule has 0 bridgehead atoms. The van der Waals surface area contributed by atoms with Crippen molar-refractivity contribution in [1.82, 2.24) is 0 Å². The standard InChI is InChI=1S/C16H8Cl2O3/c17-8-5-6-11(12(18)7-8)13-14(19)9-3-1-2-4-10(9)15(20)16(13)21/h1-7,19H. The molecule has 104 valence electrons. The van der Waals surface area contributed by atoms with Gasteiger partial charge in [-0.1, -0.05) is 53.5 Å². The number of carbonyl (C=O) groups is 2. The topological polar surface area (TPSA) is 54.4 Å². The Kier molecular flexibility index (Phi) is 3.32. The summed E-state index contributed by atoms with van der Waals surface area (Å²) in [5.41, 5.74) is 0.698. The lowest BCUT2D eigenvalue weighted by atomic mass is 9.85. The maximum absolute atomic E-state index is 12.3. The van der Waals surface area contributed by atoms with Gasteiger partial charge >= 0.3 is 0 Å². The molecule has 0 fully saturated rings. The Labute approximate surface area is 130 Å². The largest absolute Gasteiger partial charge is 0.506 e. The van der Waals surface area contributed by atoms with E-state index >= 15 is 0 Å². The fourth-order valence-electron chi connectivity index (χ4n) is 2.31. The van der Waals surface area contributed by atoms with E-state index in [1.807, 2.05) is 0 Å². The summed E-state index contributed by atoms with van der Waals surface area (Å²) in [7, 11) is 0. The maximum Gasteiger partial charge on any atom is 0.237 e. The molecule has 2 aromatic rings. The van der Waals surface area contributed by atoms with Crippen LogP contribution in [0, 0.1) is 0 Å². The lowest BCUT2D eigenvalue weighted by Crippen LogP contribution is -2.23. The molecule has 0 aromatic heterocycles. The van der Waals surface area contributed by atoms with Crippen LogP contribution in [0.2, 0.25) is 10.0 Å². The van der Waals surface area contributed by atoms with Crippen LogP contribution < -0.4 is 0 Å². The van der Waals surface area contributed by atoms with Crippen LogP contribution in [0.25, 0.3) is 11.3 Å². The number of carbonyl (C=O) groups excluding carboxylic acids is 2. The lowest BCUT2D eigenvalue weighted by molar-refractivity contribution is -0.110. The van der Waals surface area contributed by atoms with Crippen molar-refractivity contribution in [2.45, 2.75) is 0 Å².